The molecule has 8 heteroatoms. The monoisotopic (exact) mass is 1030 g/mol. The fourth-order valence-electron chi connectivity index (χ4n) is 8.69. The van der Waals surface area contributed by atoms with E-state index in [1.54, 1.807) is 0 Å². The Morgan fingerprint density at radius 3 is 0.892 bits per heavy atom. The molecule has 0 aliphatic carbocycles. The van der Waals surface area contributed by atoms with E-state index in [-0.39, 0.29) is 69.2 Å². The second-order valence-electron chi connectivity index (χ2n) is 22.3. The highest BCUT2D eigenvalue weighted by Gasteiger charge is 2.38. The molecule has 0 amide bonds. The van der Waals surface area contributed by atoms with E-state index in [4.69, 9.17) is 14.2 Å². The molecule has 0 fully saturated rings. The molecule has 8 nitrogen and oxygen atoms in total. The van der Waals surface area contributed by atoms with Crippen LogP contribution in [-0.4, -0.2) is 75.7 Å². The molecule has 0 aliphatic rings. The Kier molecular flexibility index (Phi) is 50.4. The molecule has 0 atom stereocenters. The van der Waals surface area contributed by atoms with Crippen LogP contribution in [0.25, 0.3) is 0 Å². The average molecular weight is 1040 g/mol. The van der Waals surface area contributed by atoms with Crippen molar-refractivity contribution in [2.45, 2.75) is 271 Å². The molecular weight excluding hydrogens is 919 g/mol. The summed E-state index contributed by atoms with van der Waals surface area (Å²) in [5, 5.41) is 0. The van der Waals surface area contributed by atoms with E-state index in [0.29, 0.717) is 12.8 Å². The lowest BCUT2D eigenvalue weighted by molar-refractivity contribution is -0.870. The van der Waals surface area contributed by atoms with E-state index >= 15 is 0 Å². The van der Waals surface area contributed by atoms with Crippen molar-refractivity contribution in [3.63, 3.8) is 0 Å². The van der Waals surface area contributed by atoms with Crippen molar-refractivity contribution in [1.82, 2.24) is 0 Å². The Bertz CT molecular complexity index is 1360. The molecule has 0 aromatic heterocycles. The summed E-state index contributed by atoms with van der Waals surface area (Å²) < 4.78 is 18.5. The molecule has 0 saturated heterocycles. The van der Waals surface area contributed by atoms with Crippen LogP contribution in [0.1, 0.15) is 271 Å². The summed E-state index contributed by atoms with van der Waals surface area (Å²) >= 11 is 0. The van der Waals surface area contributed by atoms with E-state index in [9.17, 15) is 19.2 Å². The Morgan fingerprint density at radius 1 is 0.338 bits per heavy atom. The number of carbonyl (C=O) groups excluding carboxylic acids is 4. The van der Waals surface area contributed by atoms with Crippen LogP contribution in [0.3, 0.4) is 0 Å². The van der Waals surface area contributed by atoms with Crippen molar-refractivity contribution >= 4 is 23.7 Å². The molecule has 0 saturated carbocycles. The van der Waals surface area contributed by atoms with Gasteiger partial charge in [0.1, 0.15) is 25.6 Å². The summed E-state index contributed by atoms with van der Waals surface area (Å²) in [5.74, 6) is -1.04. The average Bonchev–Trinajstić information content (AvgIpc) is 3.37. The minimum atomic E-state index is -1.16. The van der Waals surface area contributed by atoms with Gasteiger partial charge in [-0.2, -0.15) is 0 Å². The van der Waals surface area contributed by atoms with Crippen LogP contribution in [0.15, 0.2) is 72.9 Å². The number of quaternary nitrogens is 1. The number of nitrogens with zero attached hydrogens (tertiary/aromatic N) is 1. The van der Waals surface area contributed by atoms with Gasteiger partial charge < -0.3 is 18.7 Å². The first-order chi connectivity index (χ1) is 36.0. The van der Waals surface area contributed by atoms with Gasteiger partial charge in [-0.15, -0.1) is 0 Å². The fourth-order valence-corrected chi connectivity index (χ4v) is 8.69. The number of unbranched alkanes of at least 4 members (excludes halogenated alkanes) is 24. The van der Waals surface area contributed by atoms with Gasteiger partial charge in [-0.05, 0) is 116 Å². The second kappa shape index (κ2) is 52.9. The van der Waals surface area contributed by atoms with Gasteiger partial charge in [0.25, 0.3) is 0 Å². The van der Waals surface area contributed by atoms with Crippen molar-refractivity contribution in [1.29, 1.82) is 0 Å². The normalized spacial score (nSPS) is 12.5. The van der Waals surface area contributed by atoms with Crippen LogP contribution in [0.2, 0.25) is 0 Å². The topological polar surface area (TPSA) is 96.0 Å². The third kappa shape index (κ3) is 51.9. The molecule has 426 valence electrons. The van der Waals surface area contributed by atoms with Crippen molar-refractivity contribution in [2.75, 3.05) is 47.5 Å². The second-order valence-corrected chi connectivity index (χ2v) is 22.3. The van der Waals surface area contributed by atoms with E-state index in [1.165, 1.54) is 77.0 Å². The molecular formula is C66H116NO7+. The molecule has 0 aromatic rings. The van der Waals surface area contributed by atoms with Gasteiger partial charge >= 0.3 is 17.9 Å². The Labute approximate surface area is 456 Å². The SMILES string of the molecule is CCCCC/C=C\C/C=C\CCCCCCCC(=O)OCC(COC(=O)CCCCCCC/C=C\C/C=C\CCCCC)(COC(=O)CCCCCCC/C=C\C/C=C\CCCCC)CC(=O)CCC[N+](C)(C)C. The third-order valence-electron chi connectivity index (χ3n) is 13.5. The van der Waals surface area contributed by atoms with Crippen molar-refractivity contribution in [2.24, 2.45) is 5.41 Å². The molecule has 0 heterocycles. The van der Waals surface area contributed by atoms with Crippen LogP contribution < -0.4 is 0 Å². The largest absolute Gasteiger partial charge is 0.465 e. The fraction of sp³-hybridized carbons (Fsp3) is 0.758. The van der Waals surface area contributed by atoms with Crippen molar-refractivity contribution in [3.8, 4) is 0 Å². The van der Waals surface area contributed by atoms with Crippen LogP contribution in [0.5, 0.6) is 0 Å². The van der Waals surface area contributed by atoms with E-state index in [2.05, 4.69) is 115 Å². The van der Waals surface area contributed by atoms with Crippen LogP contribution in [0.4, 0.5) is 0 Å². The minimum Gasteiger partial charge on any atom is -0.465 e. The Balaban J connectivity index is 5.38. The molecule has 0 bridgehead atoms. The number of hydrogen-bond acceptors (Lipinski definition) is 7. The maximum absolute atomic E-state index is 13.7. The Morgan fingerprint density at radius 2 is 0.608 bits per heavy atom. The molecule has 0 aromatic carbocycles. The number of allylic oxidation sites excluding steroid dienone is 12. The van der Waals surface area contributed by atoms with Crippen molar-refractivity contribution < 1.29 is 37.9 Å². The van der Waals surface area contributed by atoms with Crippen LogP contribution in [-0.2, 0) is 33.4 Å². The smallest absolute Gasteiger partial charge is 0.305 e. The number of carbonyl (C=O) groups is 4. The van der Waals surface area contributed by atoms with Gasteiger partial charge in [-0.25, -0.2) is 0 Å². The van der Waals surface area contributed by atoms with E-state index in [1.807, 2.05) is 0 Å². The summed E-state index contributed by atoms with van der Waals surface area (Å²) in [6.07, 6.45) is 65.3. The maximum atomic E-state index is 13.7. The molecule has 0 unspecified atom stereocenters. The van der Waals surface area contributed by atoms with Gasteiger partial charge in [0.05, 0.1) is 33.1 Å². The standard InChI is InChI=1S/C66H116NO7/c1-7-10-13-16-19-22-25-28-31-34-37-40-43-46-49-54-63(69)72-59-66(58-62(68)53-52-57-67(4,5)6,60-73-64(70)55-50-47-44-41-38-35-32-29-26-23-20-17-14-11-8-2)61-74-65(71)56-51-48-45-42-39-36-33-30-27-24-21-18-15-12-9-3/h19-24,28-33H,7-18,25-27,34-61H2,1-6H3/q+1/b22-19-,23-20-,24-21-,31-28-,32-29-,33-30-. The van der Waals surface area contributed by atoms with E-state index < -0.39 is 5.41 Å². The van der Waals surface area contributed by atoms with Gasteiger partial charge in [0, 0.05) is 38.5 Å². The minimum absolute atomic E-state index is 0.00490. The maximum Gasteiger partial charge on any atom is 0.305 e. The highest BCUT2D eigenvalue weighted by molar-refractivity contribution is 5.79. The first-order valence-corrected chi connectivity index (χ1v) is 30.7. The highest BCUT2D eigenvalue weighted by atomic mass is 16.6. The first kappa shape index (κ1) is 70.5. The predicted octanol–water partition coefficient (Wildman–Crippen LogP) is 18.5. The quantitative estimate of drug-likeness (QED) is 0.0197. The van der Waals surface area contributed by atoms with Gasteiger partial charge in [-0.1, -0.05) is 190 Å². The molecule has 0 N–H and O–H groups in total. The lowest BCUT2D eigenvalue weighted by Gasteiger charge is -2.32. The van der Waals surface area contributed by atoms with Crippen LogP contribution >= 0.6 is 0 Å². The Hall–Kier alpha value is -3.52. The third-order valence-corrected chi connectivity index (χ3v) is 13.5. The number of Topliss-reactive ketones (excluding diaryl/α,β-unsaturated/α-hetero) is 1. The van der Waals surface area contributed by atoms with Crippen LogP contribution in [0, 0.1) is 5.41 Å². The number of ether oxygens (including phenoxy) is 3. The predicted molar refractivity (Wildman–Crippen MR) is 315 cm³/mol. The van der Waals surface area contributed by atoms with E-state index in [0.717, 1.165) is 146 Å². The summed E-state index contributed by atoms with van der Waals surface area (Å²) in [6.45, 7) is 7.08. The summed E-state index contributed by atoms with van der Waals surface area (Å²) in [5.41, 5.74) is -1.16. The number of ketones is 1. The molecule has 0 radical (unpaired) electrons. The number of esters is 3. The highest BCUT2D eigenvalue weighted by Crippen LogP contribution is 2.28. The summed E-state index contributed by atoms with van der Waals surface area (Å²) in [7, 11) is 6.30. The van der Waals surface area contributed by atoms with Crippen molar-refractivity contribution in [3.05, 3.63) is 72.9 Å². The van der Waals surface area contributed by atoms with Gasteiger partial charge in [0.15, 0.2) is 0 Å². The number of hydrogen-bond donors (Lipinski definition) is 0. The molecule has 0 aliphatic heterocycles. The number of rotatable bonds is 54. The lowest BCUT2D eigenvalue weighted by Crippen LogP contribution is -2.41. The zero-order chi connectivity index (χ0) is 54.3. The lowest BCUT2D eigenvalue weighted by atomic mass is 9.84. The van der Waals surface area contributed by atoms with Gasteiger partial charge in [0.2, 0.25) is 0 Å². The molecule has 0 rings (SSSR count). The zero-order valence-corrected chi connectivity index (χ0v) is 49.1. The summed E-state index contributed by atoms with van der Waals surface area (Å²) in [6, 6.07) is 0. The molecule has 0 spiro atoms. The van der Waals surface area contributed by atoms with Gasteiger partial charge in [-0.3, -0.25) is 19.2 Å². The zero-order valence-electron chi connectivity index (χ0n) is 49.1. The molecule has 74 heavy (non-hydrogen) atoms. The summed E-state index contributed by atoms with van der Waals surface area (Å²) in [4.78, 5) is 53.5. The first-order valence-electron chi connectivity index (χ1n) is 30.7.